The maximum Gasteiger partial charge on any atom is 0.253 e. The first kappa shape index (κ1) is 30.6. The molecule has 0 spiro atoms. The van der Waals surface area contributed by atoms with Gasteiger partial charge in [0, 0.05) is 106 Å². The van der Waals surface area contributed by atoms with Gasteiger partial charge in [-0.15, -0.1) is 0 Å². The smallest absolute Gasteiger partial charge is 0.253 e. The summed E-state index contributed by atoms with van der Waals surface area (Å²) < 4.78 is 12.2. The molecule has 3 heterocycles. The summed E-state index contributed by atoms with van der Waals surface area (Å²) in [5.74, 6) is 0.553. The number of hydrogen-bond acceptors (Lipinski definition) is 7. The van der Waals surface area contributed by atoms with Gasteiger partial charge in [0.1, 0.15) is 11.9 Å². The van der Waals surface area contributed by atoms with Gasteiger partial charge in [0.2, 0.25) is 0 Å². The lowest BCUT2D eigenvalue weighted by Crippen LogP contribution is -2.56. The van der Waals surface area contributed by atoms with Gasteiger partial charge in [0.15, 0.2) is 0 Å². The first-order valence-electron chi connectivity index (χ1n) is 15.9. The van der Waals surface area contributed by atoms with E-state index in [1.54, 1.807) is 0 Å². The number of amides is 1. The SMILES string of the molecule is CCN1CCN(C2CC(Oc3cc(C(=O)NCc4c(C)cc(C)[nH]c4=O)c(C)c(N(CC)C4CCOCC4)c3)C2)CC1. The summed E-state index contributed by atoms with van der Waals surface area (Å²) in [7, 11) is 0. The lowest BCUT2D eigenvalue weighted by molar-refractivity contribution is -0.00476. The summed E-state index contributed by atoms with van der Waals surface area (Å²) in [6, 6.07) is 6.89. The largest absolute Gasteiger partial charge is 0.490 e. The monoisotopic (exact) mass is 579 g/mol. The second-order valence-electron chi connectivity index (χ2n) is 12.2. The number of H-pyrrole nitrogens is 1. The van der Waals surface area contributed by atoms with Crippen LogP contribution in [-0.4, -0.2) is 91.4 Å². The fourth-order valence-electron chi connectivity index (χ4n) is 6.83. The minimum atomic E-state index is -0.193. The number of aryl methyl sites for hydroxylation is 2. The number of ether oxygens (including phenoxy) is 2. The first-order chi connectivity index (χ1) is 20.3. The van der Waals surface area contributed by atoms with E-state index in [2.05, 4.69) is 44.9 Å². The normalized spacial score (nSPS) is 22.0. The van der Waals surface area contributed by atoms with E-state index in [4.69, 9.17) is 9.47 Å². The van der Waals surface area contributed by atoms with Crippen molar-refractivity contribution >= 4 is 11.6 Å². The minimum absolute atomic E-state index is 0.151. The van der Waals surface area contributed by atoms with Crippen LogP contribution < -0.4 is 20.5 Å². The van der Waals surface area contributed by atoms with E-state index in [0.29, 0.717) is 23.2 Å². The van der Waals surface area contributed by atoms with Gasteiger partial charge < -0.3 is 29.6 Å². The molecule has 42 heavy (non-hydrogen) atoms. The quantitative estimate of drug-likeness (QED) is 0.443. The van der Waals surface area contributed by atoms with E-state index < -0.39 is 0 Å². The van der Waals surface area contributed by atoms with E-state index in [1.807, 2.05) is 32.9 Å². The average molecular weight is 580 g/mol. The fourth-order valence-corrected chi connectivity index (χ4v) is 6.83. The van der Waals surface area contributed by atoms with Gasteiger partial charge in [-0.25, -0.2) is 0 Å². The van der Waals surface area contributed by atoms with Crippen LogP contribution in [-0.2, 0) is 11.3 Å². The molecule has 1 aromatic heterocycles. The van der Waals surface area contributed by atoms with Crippen LogP contribution in [0.4, 0.5) is 5.69 Å². The minimum Gasteiger partial charge on any atom is -0.490 e. The average Bonchev–Trinajstić information content (AvgIpc) is 2.96. The fraction of sp³-hybridized carbons (Fsp3) is 0.636. The summed E-state index contributed by atoms with van der Waals surface area (Å²) >= 11 is 0. The van der Waals surface area contributed by atoms with E-state index in [0.717, 1.165) is 106 Å². The van der Waals surface area contributed by atoms with Gasteiger partial charge in [-0.05, 0) is 70.3 Å². The molecular formula is C33H49N5O4. The van der Waals surface area contributed by atoms with E-state index >= 15 is 0 Å². The topological polar surface area (TPSA) is 90.1 Å². The van der Waals surface area contributed by atoms with Crippen LogP contribution in [0.3, 0.4) is 0 Å². The maximum atomic E-state index is 13.7. The van der Waals surface area contributed by atoms with Crippen molar-refractivity contribution in [3.05, 3.63) is 56.5 Å². The van der Waals surface area contributed by atoms with Gasteiger partial charge in [-0.1, -0.05) is 6.92 Å². The summed E-state index contributed by atoms with van der Waals surface area (Å²) in [5.41, 5.74) is 4.68. The van der Waals surface area contributed by atoms with Crippen LogP contribution in [0.25, 0.3) is 0 Å². The number of benzene rings is 1. The highest BCUT2D eigenvalue weighted by molar-refractivity contribution is 5.97. The van der Waals surface area contributed by atoms with Crippen LogP contribution in [0.5, 0.6) is 5.75 Å². The molecule has 2 N–H and O–H groups in total. The van der Waals surface area contributed by atoms with Crippen molar-refractivity contribution in [2.45, 2.75) is 85.0 Å². The Hall–Kier alpha value is -2.88. The molecule has 1 aromatic carbocycles. The molecule has 0 unspecified atom stereocenters. The molecule has 0 bridgehead atoms. The van der Waals surface area contributed by atoms with E-state index in [1.165, 1.54) is 0 Å². The van der Waals surface area contributed by atoms with Crippen molar-refractivity contribution in [3.63, 3.8) is 0 Å². The number of nitrogens with zero attached hydrogens (tertiary/aromatic N) is 3. The number of pyridine rings is 1. The first-order valence-corrected chi connectivity index (χ1v) is 15.9. The molecule has 9 nitrogen and oxygen atoms in total. The van der Waals surface area contributed by atoms with Crippen molar-refractivity contribution in [1.29, 1.82) is 0 Å². The highest BCUT2D eigenvalue weighted by atomic mass is 16.5. The lowest BCUT2D eigenvalue weighted by atomic mass is 9.87. The van der Waals surface area contributed by atoms with Crippen LogP contribution in [0.2, 0.25) is 0 Å². The molecule has 3 aliphatic rings. The standard InChI is InChI=1S/C33H49N5O4/c1-6-36-10-12-37(13-11-36)26-17-27(18-26)42-28-19-29(32(39)34-21-30-22(3)16-23(4)35-33(30)40)24(5)31(20-28)38(7-2)25-8-14-41-15-9-25/h16,19-20,25-27H,6-15,17-18,21H2,1-5H3,(H,34,39)(H,35,40). The second kappa shape index (κ2) is 13.6. The van der Waals surface area contributed by atoms with Gasteiger partial charge in [-0.2, -0.15) is 0 Å². The molecule has 2 aromatic rings. The summed E-state index contributed by atoms with van der Waals surface area (Å²) in [5, 5.41) is 3.02. The van der Waals surface area contributed by atoms with Crippen LogP contribution in [0.15, 0.2) is 23.0 Å². The Morgan fingerprint density at radius 2 is 1.79 bits per heavy atom. The van der Waals surface area contributed by atoms with Gasteiger partial charge in [0.25, 0.3) is 11.5 Å². The molecule has 9 heteroatoms. The predicted octanol–water partition coefficient (Wildman–Crippen LogP) is 3.78. The third-order valence-electron chi connectivity index (χ3n) is 9.54. The van der Waals surface area contributed by atoms with Gasteiger partial charge >= 0.3 is 0 Å². The van der Waals surface area contributed by atoms with Crippen LogP contribution in [0, 0.1) is 20.8 Å². The number of likely N-dealkylation sites (N-methyl/N-ethyl adjacent to an activating group) is 1. The lowest BCUT2D eigenvalue weighted by Gasteiger charge is -2.46. The van der Waals surface area contributed by atoms with Crippen molar-refractivity contribution in [3.8, 4) is 5.75 Å². The van der Waals surface area contributed by atoms with E-state index in [9.17, 15) is 9.59 Å². The zero-order valence-corrected chi connectivity index (χ0v) is 26.1. The number of anilines is 1. The maximum absolute atomic E-state index is 13.7. The molecule has 1 saturated carbocycles. The number of aromatic nitrogens is 1. The summed E-state index contributed by atoms with van der Waals surface area (Å²) in [6.45, 7) is 18.4. The molecule has 2 aliphatic heterocycles. The van der Waals surface area contributed by atoms with Crippen LogP contribution in [0.1, 0.15) is 72.3 Å². The predicted molar refractivity (Wildman–Crippen MR) is 167 cm³/mol. The number of aromatic amines is 1. The van der Waals surface area contributed by atoms with Gasteiger partial charge in [0.05, 0.1) is 0 Å². The molecule has 0 atom stereocenters. The Kier molecular flexibility index (Phi) is 9.91. The number of carbonyl (C=O) groups excluding carboxylic acids is 1. The zero-order valence-electron chi connectivity index (χ0n) is 26.1. The molecule has 5 rings (SSSR count). The van der Waals surface area contributed by atoms with Crippen molar-refractivity contribution < 1.29 is 14.3 Å². The molecule has 3 fully saturated rings. The highest BCUT2D eigenvalue weighted by Gasteiger charge is 2.36. The Balaban J connectivity index is 1.34. The molecule has 1 amide bonds. The Morgan fingerprint density at radius 1 is 1.07 bits per heavy atom. The summed E-state index contributed by atoms with van der Waals surface area (Å²) in [4.78, 5) is 36.6. The molecule has 1 aliphatic carbocycles. The third kappa shape index (κ3) is 6.84. The third-order valence-corrected chi connectivity index (χ3v) is 9.54. The number of hydrogen-bond donors (Lipinski definition) is 2. The zero-order chi connectivity index (χ0) is 29.8. The van der Waals surface area contributed by atoms with Crippen molar-refractivity contribution in [2.24, 2.45) is 0 Å². The van der Waals surface area contributed by atoms with E-state index in [-0.39, 0.29) is 24.1 Å². The Morgan fingerprint density at radius 3 is 2.43 bits per heavy atom. The number of nitrogens with one attached hydrogen (secondary N) is 2. The molecule has 2 saturated heterocycles. The number of carbonyl (C=O) groups is 1. The molecule has 230 valence electrons. The Bertz CT molecular complexity index is 1290. The highest BCUT2D eigenvalue weighted by Crippen LogP contribution is 2.36. The molecular weight excluding hydrogens is 530 g/mol. The number of piperazine rings is 1. The second-order valence-corrected chi connectivity index (χ2v) is 12.2. The van der Waals surface area contributed by atoms with Gasteiger partial charge in [-0.3, -0.25) is 14.5 Å². The molecule has 0 radical (unpaired) electrons. The summed E-state index contributed by atoms with van der Waals surface area (Å²) in [6.07, 6.45) is 4.11. The van der Waals surface area contributed by atoms with Crippen LogP contribution >= 0.6 is 0 Å². The van der Waals surface area contributed by atoms with Crippen molar-refractivity contribution in [2.75, 3.05) is 57.4 Å². The van der Waals surface area contributed by atoms with Crippen molar-refractivity contribution in [1.82, 2.24) is 20.1 Å². The number of rotatable bonds is 10. The Labute approximate surface area is 250 Å².